The van der Waals surface area contributed by atoms with Gasteiger partial charge in [-0.3, -0.25) is 14.1 Å². The van der Waals surface area contributed by atoms with E-state index in [9.17, 15) is 14.2 Å². The molecule has 2 N–H and O–H groups in total. The minimum absolute atomic E-state index is 0.216. The van der Waals surface area contributed by atoms with E-state index in [0.717, 1.165) is 44.4 Å². The molecular formula is C37H73O8P. The van der Waals surface area contributed by atoms with Crippen LogP contribution in [0.5, 0.6) is 0 Å². The molecule has 1 atom stereocenters. The maximum Gasteiger partial charge on any atom is 0.469 e. The van der Waals surface area contributed by atoms with Crippen LogP contribution in [0, 0.1) is 5.92 Å². The molecule has 0 radical (unpaired) electrons. The first-order valence-corrected chi connectivity index (χ1v) is 20.7. The topological polar surface area (TPSA) is 119 Å². The smallest absolute Gasteiger partial charge is 0.462 e. The number of carbonyl (C=O) groups excluding carboxylic acids is 2. The Balaban J connectivity index is 3.88. The molecule has 0 aromatic rings. The van der Waals surface area contributed by atoms with E-state index < -0.39 is 32.5 Å². The molecule has 0 amide bonds. The molecule has 0 aliphatic carbocycles. The number of phosphoric ester groups is 1. The van der Waals surface area contributed by atoms with Gasteiger partial charge in [0.15, 0.2) is 6.10 Å². The molecule has 0 aromatic carbocycles. The fourth-order valence-corrected chi connectivity index (χ4v) is 6.04. The van der Waals surface area contributed by atoms with Crippen LogP contribution in [0.4, 0.5) is 0 Å². The van der Waals surface area contributed by atoms with Crippen molar-refractivity contribution in [2.45, 2.75) is 207 Å². The highest BCUT2D eigenvalue weighted by Crippen LogP contribution is 2.36. The molecule has 0 aliphatic heterocycles. The predicted molar refractivity (Wildman–Crippen MR) is 189 cm³/mol. The van der Waals surface area contributed by atoms with Gasteiger partial charge in [-0.05, 0) is 18.8 Å². The average molecular weight is 677 g/mol. The number of carbonyl (C=O) groups is 2. The first-order valence-electron chi connectivity index (χ1n) is 19.2. The first-order chi connectivity index (χ1) is 22.1. The van der Waals surface area contributed by atoms with Crippen molar-refractivity contribution < 1.29 is 37.9 Å². The zero-order chi connectivity index (χ0) is 34.1. The van der Waals surface area contributed by atoms with Crippen molar-refractivity contribution in [1.29, 1.82) is 0 Å². The van der Waals surface area contributed by atoms with Crippen LogP contribution in [0.2, 0.25) is 0 Å². The van der Waals surface area contributed by atoms with Crippen molar-refractivity contribution in [1.82, 2.24) is 0 Å². The third kappa shape index (κ3) is 35.9. The van der Waals surface area contributed by atoms with Crippen molar-refractivity contribution in [2.75, 3.05) is 13.2 Å². The second kappa shape index (κ2) is 32.6. The van der Waals surface area contributed by atoms with Gasteiger partial charge in [0.1, 0.15) is 6.61 Å². The van der Waals surface area contributed by atoms with Crippen molar-refractivity contribution in [2.24, 2.45) is 5.92 Å². The van der Waals surface area contributed by atoms with Crippen LogP contribution in [0.25, 0.3) is 0 Å². The molecule has 0 saturated carbocycles. The van der Waals surface area contributed by atoms with Gasteiger partial charge in [-0.25, -0.2) is 4.57 Å². The second-order valence-electron chi connectivity index (χ2n) is 13.7. The number of hydrogen-bond donors (Lipinski definition) is 2. The molecule has 8 nitrogen and oxygen atoms in total. The lowest BCUT2D eigenvalue weighted by Crippen LogP contribution is -2.29. The molecule has 0 rings (SSSR count). The third-order valence-corrected chi connectivity index (χ3v) is 9.04. The standard InChI is InChI=1S/C37H73O8P/c1-4-5-6-7-8-9-10-11-12-13-14-15-16-17-21-24-27-30-36(38)43-32-35(33-44-46(40,41)42)45-37(39)31-28-25-22-19-18-20-23-26-29-34(2)3/h34-35H,4-33H2,1-3H3,(H2,40,41,42)/t35-/m1/s1. The first kappa shape index (κ1) is 45.0. The largest absolute Gasteiger partial charge is 0.469 e. The Morgan fingerprint density at radius 1 is 0.543 bits per heavy atom. The minimum atomic E-state index is -4.74. The Morgan fingerprint density at radius 3 is 1.30 bits per heavy atom. The molecule has 0 fully saturated rings. The van der Waals surface area contributed by atoms with E-state index in [0.29, 0.717) is 6.42 Å². The third-order valence-electron chi connectivity index (χ3n) is 8.55. The lowest BCUT2D eigenvalue weighted by molar-refractivity contribution is -0.161. The summed E-state index contributed by atoms with van der Waals surface area (Å²) in [6.07, 6.45) is 31.2. The van der Waals surface area contributed by atoms with Gasteiger partial charge >= 0.3 is 19.8 Å². The highest BCUT2D eigenvalue weighted by Gasteiger charge is 2.22. The Labute approximate surface area is 283 Å². The molecule has 0 unspecified atom stereocenters. The molecule has 0 bridgehead atoms. The van der Waals surface area contributed by atoms with Gasteiger partial charge in [0.25, 0.3) is 0 Å². The fraction of sp³-hybridized carbons (Fsp3) is 0.946. The van der Waals surface area contributed by atoms with Crippen molar-refractivity contribution >= 4 is 19.8 Å². The lowest BCUT2D eigenvalue weighted by Gasteiger charge is -2.18. The molecule has 46 heavy (non-hydrogen) atoms. The fourth-order valence-electron chi connectivity index (χ4n) is 5.68. The number of ether oxygens (including phenoxy) is 2. The van der Waals surface area contributed by atoms with E-state index in [1.165, 1.54) is 122 Å². The number of unbranched alkanes of at least 4 members (excludes halogenated alkanes) is 23. The van der Waals surface area contributed by atoms with Crippen molar-refractivity contribution in [3.8, 4) is 0 Å². The van der Waals surface area contributed by atoms with Crippen molar-refractivity contribution in [3.05, 3.63) is 0 Å². The predicted octanol–water partition coefficient (Wildman–Crippen LogP) is 11.1. The highest BCUT2D eigenvalue weighted by molar-refractivity contribution is 7.46. The van der Waals surface area contributed by atoms with Gasteiger partial charge in [-0.15, -0.1) is 0 Å². The van der Waals surface area contributed by atoms with Gasteiger partial charge in [-0.1, -0.05) is 175 Å². The molecule has 0 aromatic heterocycles. The van der Waals surface area contributed by atoms with Gasteiger partial charge in [0, 0.05) is 12.8 Å². The Morgan fingerprint density at radius 2 is 0.913 bits per heavy atom. The summed E-state index contributed by atoms with van der Waals surface area (Å²) in [5, 5.41) is 0. The maximum atomic E-state index is 12.3. The summed E-state index contributed by atoms with van der Waals surface area (Å²) >= 11 is 0. The minimum Gasteiger partial charge on any atom is -0.462 e. The molecular weight excluding hydrogens is 603 g/mol. The van der Waals surface area contributed by atoms with E-state index in [2.05, 4.69) is 25.3 Å². The van der Waals surface area contributed by atoms with E-state index >= 15 is 0 Å². The van der Waals surface area contributed by atoms with E-state index in [1.54, 1.807) is 0 Å². The summed E-state index contributed by atoms with van der Waals surface area (Å²) < 4.78 is 26.3. The summed E-state index contributed by atoms with van der Waals surface area (Å²) in [4.78, 5) is 42.6. The monoisotopic (exact) mass is 677 g/mol. The summed E-state index contributed by atoms with van der Waals surface area (Å²) in [5.74, 6) is -0.104. The van der Waals surface area contributed by atoms with Gasteiger partial charge in [-0.2, -0.15) is 0 Å². The summed E-state index contributed by atoms with van der Waals surface area (Å²) in [7, 11) is -4.74. The van der Waals surface area contributed by atoms with Gasteiger partial charge in [0.2, 0.25) is 0 Å². The number of phosphoric acid groups is 1. The zero-order valence-corrected chi connectivity index (χ0v) is 31.1. The lowest BCUT2D eigenvalue weighted by atomic mass is 10.0. The van der Waals surface area contributed by atoms with Crippen LogP contribution in [0.15, 0.2) is 0 Å². The van der Waals surface area contributed by atoms with Crippen LogP contribution in [0.1, 0.15) is 201 Å². The normalized spacial score (nSPS) is 12.5. The van der Waals surface area contributed by atoms with Crippen LogP contribution in [0.3, 0.4) is 0 Å². The highest BCUT2D eigenvalue weighted by atomic mass is 31.2. The second-order valence-corrected chi connectivity index (χ2v) is 15.0. The van der Waals surface area contributed by atoms with Gasteiger partial charge in [0.05, 0.1) is 6.61 Å². The molecule has 274 valence electrons. The molecule has 9 heteroatoms. The summed E-state index contributed by atoms with van der Waals surface area (Å²) in [6, 6.07) is 0. The van der Waals surface area contributed by atoms with E-state index in [4.69, 9.17) is 19.3 Å². The molecule has 0 heterocycles. The van der Waals surface area contributed by atoms with Crippen LogP contribution in [-0.4, -0.2) is 41.0 Å². The molecule has 0 spiro atoms. The number of hydrogen-bond acceptors (Lipinski definition) is 6. The summed E-state index contributed by atoms with van der Waals surface area (Å²) in [5.41, 5.74) is 0. The van der Waals surface area contributed by atoms with E-state index in [-0.39, 0.29) is 19.4 Å². The number of rotatable bonds is 35. The summed E-state index contributed by atoms with van der Waals surface area (Å²) in [6.45, 7) is 5.97. The van der Waals surface area contributed by atoms with Gasteiger partial charge < -0.3 is 19.3 Å². The quantitative estimate of drug-likeness (QED) is 0.0387. The van der Waals surface area contributed by atoms with Crippen molar-refractivity contribution in [3.63, 3.8) is 0 Å². The van der Waals surface area contributed by atoms with Crippen LogP contribution < -0.4 is 0 Å². The Kier molecular flexibility index (Phi) is 31.9. The Hall–Kier alpha value is -0.950. The average Bonchev–Trinajstić information content (AvgIpc) is 3.00. The number of esters is 2. The van der Waals surface area contributed by atoms with Crippen LogP contribution >= 0.6 is 7.82 Å². The molecule has 0 saturated heterocycles. The van der Waals surface area contributed by atoms with Crippen LogP contribution in [-0.2, 0) is 28.2 Å². The maximum absolute atomic E-state index is 12.3. The van der Waals surface area contributed by atoms with E-state index in [1.807, 2.05) is 0 Å². The Bertz CT molecular complexity index is 739. The SMILES string of the molecule is CCCCCCCCCCCCCCCCCCCC(=O)OC[C@H](COP(=O)(O)O)OC(=O)CCCCCCCCCCC(C)C. The zero-order valence-electron chi connectivity index (χ0n) is 30.2. The molecule has 0 aliphatic rings.